The van der Waals surface area contributed by atoms with E-state index in [0.29, 0.717) is 0 Å². The zero-order chi connectivity index (χ0) is 11.9. The third kappa shape index (κ3) is 3.53. The van der Waals surface area contributed by atoms with Gasteiger partial charge in [0.25, 0.3) is 0 Å². The van der Waals surface area contributed by atoms with E-state index >= 15 is 0 Å². The first-order valence-electron chi connectivity index (χ1n) is 6.14. The molecule has 16 heavy (non-hydrogen) atoms. The molecule has 0 aliphatic rings. The normalized spacial score (nSPS) is 11.4. The van der Waals surface area contributed by atoms with Gasteiger partial charge in [-0.1, -0.05) is 32.0 Å². The predicted molar refractivity (Wildman–Crippen MR) is 68.6 cm³/mol. The van der Waals surface area contributed by atoms with Crippen LogP contribution in [0.25, 0.3) is 0 Å². The van der Waals surface area contributed by atoms with Gasteiger partial charge in [0, 0.05) is 0 Å². The molecule has 90 valence electrons. The number of hydrogen-bond donors (Lipinski definition) is 1. The highest BCUT2D eigenvalue weighted by Gasteiger charge is 2.23. The van der Waals surface area contributed by atoms with Gasteiger partial charge in [-0.15, -0.1) is 0 Å². The molecule has 0 saturated heterocycles. The lowest BCUT2D eigenvalue weighted by Gasteiger charge is -2.29. The highest BCUT2D eigenvalue weighted by atomic mass is 16.5. The summed E-state index contributed by atoms with van der Waals surface area (Å²) >= 11 is 0. The lowest BCUT2D eigenvalue weighted by Crippen LogP contribution is -2.31. The van der Waals surface area contributed by atoms with E-state index in [1.807, 2.05) is 30.3 Å². The van der Waals surface area contributed by atoms with Crippen LogP contribution in [0.1, 0.15) is 33.1 Å². The third-order valence-corrected chi connectivity index (χ3v) is 3.58. The van der Waals surface area contributed by atoms with Crippen LogP contribution in [0.3, 0.4) is 0 Å². The van der Waals surface area contributed by atoms with Crippen molar-refractivity contribution in [1.82, 2.24) is 0 Å². The van der Waals surface area contributed by atoms with Gasteiger partial charge in [-0.25, -0.2) is 0 Å². The summed E-state index contributed by atoms with van der Waals surface area (Å²) in [5.74, 6) is 0.945. The van der Waals surface area contributed by atoms with E-state index in [1.54, 1.807) is 0 Å². The van der Waals surface area contributed by atoms with Crippen LogP contribution in [0.15, 0.2) is 30.3 Å². The van der Waals surface area contributed by atoms with E-state index in [0.717, 1.165) is 38.2 Å². The van der Waals surface area contributed by atoms with Crippen molar-refractivity contribution in [2.24, 2.45) is 11.1 Å². The van der Waals surface area contributed by atoms with Crippen molar-refractivity contribution in [3.05, 3.63) is 30.3 Å². The molecule has 1 aromatic carbocycles. The van der Waals surface area contributed by atoms with Crippen molar-refractivity contribution in [2.45, 2.75) is 33.1 Å². The number of ether oxygens (including phenoxy) is 1. The van der Waals surface area contributed by atoms with Gasteiger partial charge >= 0.3 is 0 Å². The molecule has 0 bridgehead atoms. The van der Waals surface area contributed by atoms with E-state index in [-0.39, 0.29) is 5.41 Å². The van der Waals surface area contributed by atoms with Crippen molar-refractivity contribution >= 4 is 0 Å². The van der Waals surface area contributed by atoms with Crippen LogP contribution >= 0.6 is 0 Å². The standard InChI is InChI=1S/C14H23NO/c1-3-14(4-2,12-15)10-11-16-13-8-6-5-7-9-13/h5-9H,3-4,10-12,15H2,1-2H3. The van der Waals surface area contributed by atoms with Crippen LogP contribution in [0.4, 0.5) is 0 Å². The molecular formula is C14H23NO. The molecule has 0 spiro atoms. The van der Waals surface area contributed by atoms with E-state index < -0.39 is 0 Å². The molecule has 0 atom stereocenters. The molecule has 0 aliphatic heterocycles. The van der Waals surface area contributed by atoms with Gasteiger partial charge in [0.05, 0.1) is 6.61 Å². The molecule has 0 aromatic heterocycles. The first-order chi connectivity index (χ1) is 7.76. The second-order valence-corrected chi connectivity index (χ2v) is 4.32. The zero-order valence-corrected chi connectivity index (χ0v) is 10.4. The van der Waals surface area contributed by atoms with E-state index in [4.69, 9.17) is 10.5 Å². The maximum Gasteiger partial charge on any atom is 0.119 e. The molecule has 0 radical (unpaired) electrons. The second kappa shape index (κ2) is 6.54. The maximum absolute atomic E-state index is 5.85. The molecule has 2 heteroatoms. The Kier molecular flexibility index (Phi) is 5.33. The highest BCUT2D eigenvalue weighted by molar-refractivity contribution is 5.20. The number of benzene rings is 1. The summed E-state index contributed by atoms with van der Waals surface area (Å²) in [4.78, 5) is 0. The summed E-state index contributed by atoms with van der Waals surface area (Å²) in [6.45, 7) is 5.92. The number of para-hydroxylation sites is 1. The van der Waals surface area contributed by atoms with Crippen LogP contribution in [0.5, 0.6) is 5.75 Å². The van der Waals surface area contributed by atoms with Gasteiger partial charge in [-0.2, -0.15) is 0 Å². The molecule has 0 fully saturated rings. The summed E-state index contributed by atoms with van der Waals surface area (Å²) in [7, 11) is 0. The largest absolute Gasteiger partial charge is 0.494 e. The van der Waals surface area contributed by atoms with Gasteiger partial charge in [-0.05, 0) is 43.4 Å². The van der Waals surface area contributed by atoms with Crippen molar-refractivity contribution in [3.8, 4) is 5.75 Å². The molecule has 0 unspecified atom stereocenters. The van der Waals surface area contributed by atoms with Crippen LogP contribution in [0.2, 0.25) is 0 Å². The summed E-state index contributed by atoms with van der Waals surface area (Å²) in [6, 6.07) is 9.95. The van der Waals surface area contributed by atoms with Gasteiger partial charge < -0.3 is 10.5 Å². The minimum atomic E-state index is 0.259. The average molecular weight is 221 g/mol. The quantitative estimate of drug-likeness (QED) is 0.767. The van der Waals surface area contributed by atoms with Crippen molar-refractivity contribution < 1.29 is 4.74 Å². The molecule has 2 nitrogen and oxygen atoms in total. The Morgan fingerprint density at radius 2 is 1.75 bits per heavy atom. The SMILES string of the molecule is CCC(CC)(CN)CCOc1ccccc1. The fourth-order valence-corrected chi connectivity index (χ4v) is 1.90. The molecule has 0 heterocycles. The maximum atomic E-state index is 5.85. The van der Waals surface area contributed by atoms with Gasteiger partial charge in [0.2, 0.25) is 0 Å². The molecule has 0 aliphatic carbocycles. The topological polar surface area (TPSA) is 35.2 Å². The molecule has 0 amide bonds. The Bertz CT molecular complexity index is 272. The Morgan fingerprint density at radius 3 is 2.25 bits per heavy atom. The van der Waals surface area contributed by atoms with Gasteiger partial charge in [0.1, 0.15) is 5.75 Å². The highest BCUT2D eigenvalue weighted by Crippen LogP contribution is 2.29. The Morgan fingerprint density at radius 1 is 1.12 bits per heavy atom. The lowest BCUT2D eigenvalue weighted by molar-refractivity contribution is 0.187. The summed E-state index contributed by atoms with van der Waals surface area (Å²) in [5.41, 5.74) is 6.11. The van der Waals surface area contributed by atoms with Gasteiger partial charge in [0.15, 0.2) is 0 Å². The Hall–Kier alpha value is -1.02. The molecule has 1 rings (SSSR count). The van der Waals surface area contributed by atoms with Crippen molar-refractivity contribution in [3.63, 3.8) is 0 Å². The van der Waals surface area contributed by atoms with Gasteiger partial charge in [-0.3, -0.25) is 0 Å². The van der Waals surface area contributed by atoms with Crippen molar-refractivity contribution in [1.29, 1.82) is 0 Å². The zero-order valence-electron chi connectivity index (χ0n) is 10.4. The van der Waals surface area contributed by atoms with Crippen LogP contribution in [0, 0.1) is 5.41 Å². The monoisotopic (exact) mass is 221 g/mol. The lowest BCUT2D eigenvalue weighted by atomic mass is 9.80. The Balaban J connectivity index is 2.39. The third-order valence-electron chi connectivity index (χ3n) is 3.58. The number of rotatable bonds is 7. The van der Waals surface area contributed by atoms with E-state index in [9.17, 15) is 0 Å². The first-order valence-corrected chi connectivity index (χ1v) is 6.14. The fourth-order valence-electron chi connectivity index (χ4n) is 1.90. The fraction of sp³-hybridized carbons (Fsp3) is 0.571. The van der Waals surface area contributed by atoms with Crippen LogP contribution in [-0.4, -0.2) is 13.2 Å². The molecule has 0 saturated carbocycles. The number of hydrogen-bond acceptors (Lipinski definition) is 2. The first kappa shape index (κ1) is 13.0. The average Bonchev–Trinajstić information content (AvgIpc) is 2.37. The summed E-state index contributed by atoms with van der Waals surface area (Å²) in [6.07, 6.45) is 3.28. The van der Waals surface area contributed by atoms with Crippen molar-refractivity contribution in [2.75, 3.05) is 13.2 Å². The second-order valence-electron chi connectivity index (χ2n) is 4.32. The van der Waals surface area contributed by atoms with Crippen LogP contribution in [-0.2, 0) is 0 Å². The predicted octanol–water partition coefficient (Wildman–Crippen LogP) is 3.22. The molecular weight excluding hydrogens is 198 g/mol. The summed E-state index contributed by atoms with van der Waals surface area (Å²) in [5, 5.41) is 0. The summed E-state index contributed by atoms with van der Waals surface area (Å²) < 4.78 is 5.71. The molecule has 2 N–H and O–H groups in total. The molecule has 1 aromatic rings. The van der Waals surface area contributed by atoms with E-state index in [1.165, 1.54) is 0 Å². The van der Waals surface area contributed by atoms with E-state index in [2.05, 4.69) is 13.8 Å². The number of nitrogens with two attached hydrogens (primary N) is 1. The van der Waals surface area contributed by atoms with Crippen LogP contribution < -0.4 is 10.5 Å². The smallest absolute Gasteiger partial charge is 0.119 e. The Labute approximate surface area is 98.8 Å². The minimum Gasteiger partial charge on any atom is -0.494 e. The minimum absolute atomic E-state index is 0.259.